The number of guanidine groups is 1. The standard InChI is InChI=1S/C20H29N5S.HI/c1-4-21-20(24(3)14-19-15-26-16(2)23-19)22-10-12-25-11-9-17-7-5-6-8-18(17)13-25;/h5-8,15H,4,9-14H2,1-3H3,(H,21,22);1H. The second-order valence-corrected chi connectivity index (χ2v) is 7.81. The quantitative estimate of drug-likeness (QED) is 0.375. The molecule has 0 unspecified atom stereocenters. The zero-order valence-electron chi connectivity index (χ0n) is 16.4. The Labute approximate surface area is 183 Å². The first kappa shape index (κ1) is 22.1. The topological polar surface area (TPSA) is 43.8 Å². The zero-order valence-corrected chi connectivity index (χ0v) is 19.6. The highest BCUT2D eigenvalue weighted by molar-refractivity contribution is 14.0. The van der Waals surface area contributed by atoms with Gasteiger partial charge in [-0.1, -0.05) is 24.3 Å². The van der Waals surface area contributed by atoms with Gasteiger partial charge in [0.15, 0.2) is 5.96 Å². The molecule has 2 aromatic rings. The first-order valence-electron chi connectivity index (χ1n) is 9.35. The van der Waals surface area contributed by atoms with Crippen LogP contribution in [0.15, 0.2) is 34.6 Å². The highest BCUT2D eigenvalue weighted by Gasteiger charge is 2.15. The van der Waals surface area contributed by atoms with Crippen LogP contribution >= 0.6 is 35.3 Å². The number of rotatable bonds is 6. The number of hydrogen-bond acceptors (Lipinski definition) is 4. The number of hydrogen-bond donors (Lipinski definition) is 1. The molecule has 0 bridgehead atoms. The molecule has 1 aliphatic heterocycles. The van der Waals surface area contributed by atoms with E-state index in [1.165, 1.54) is 11.1 Å². The van der Waals surface area contributed by atoms with Gasteiger partial charge in [0, 0.05) is 38.6 Å². The molecule has 0 atom stereocenters. The van der Waals surface area contributed by atoms with E-state index in [-0.39, 0.29) is 24.0 Å². The third kappa shape index (κ3) is 6.43. The lowest BCUT2D eigenvalue weighted by molar-refractivity contribution is 0.261. The molecule has 3 rings (SSSR count). The van der Waals surface area contributed by atoms with Crippen LogP contribution in [0.1, 0.15) is 28.8 Å². The number of fused-ring (bicyclic) bond motifs is 1. The van der Waals surface area contributed by atoms with Crippen LogP contribution in [0.3, 0.4) is 0 Å². The number of nitrogens with one attached hydrogen (secondary N) is 1. The van der Waals surface area contributed by atoms with E-state index in [9.17, 15) is 0 Å². The summed E-state index contributed by atoms with van der Waals surface area (Å²) in [4.78, 5) is 14.0. The fourth-order valence-corrected chi connectivity index (χ4v) is 3.91. The van der Waals surface area contributed by atoms with Gasteiger partial charge in [0.1, 0.15) is 0 Å². The van der Waals surface area contributed by atoms with E-state index in [1.807, 2.05) is 6.92 Å². The van der Waals surface area contributed by atoms with Crippen molar-refractivity contribution in [1.29, 1.82) is 0 Å². The van der Waals surface area contributed by atoms with Crippen LogP contribution in [-0.4, -0.2) is 54.0 Å². The smallest absolute Gasteiger partial charge is 0.194 e. The minimum Gasteiger partial charge on any atom is -0.357 e. The molecule has 0 radical (unpaired) electrons. The maximum atomic E-state index is 4.83. The lowest BCUT2D eigenvalue weighted by Gasteiger charge is -2.28. The summed E-state index contributed by atoms with van der Waals surface area (Å²) < 4.78 is 0. The molecule has 0 amide bonds. The van der Waals surface area contributed by atoms with E-state index in [1.54, 1.807) is 11.3 Å². The van der Waals surface area contributed by atoms with Crippen LogP contribution < -0.4 is 5.32 Å². The van der Waals surface area contributed by atoms with Crippen molar-refractivity contribution in [3.05, 3.63) is 51.5 Å². The lowest BCUT2D eigenvalue weighted by Crippen LogP contribution is -2.39. The molecule has 0 aliphatic carbocycles. The van der Waals surface area contributed by atoms with Crippen LogP contribution in [-0.2, 0) is 19.5 Å². The number of thiazole rings is 1. The normalized spacial score (nSPS) is 14.4. The molecular weight excluding hydrogens is 469 g/mol. The summed E-state index contributed by atoms with van der Waals surface area (Å²) in [5.74, 6) is 0.954. The van der Waals surface area contributed by atoms with Crippen molar-refractivity contribution in [3.63, 3.8) is 0 Å². The largest absolute Gasteiger partial charge is 0.357 e. The summed E-state index contributed by atoms with van der Waals surface area (Å²) in [6, 6.07) is 8.78. The SMILES string of the molecule is CCNC(=NCCN1CCc2ccccc2C1)N(C)Cc1csc(C)n1.I. The molecule has 7 heteroatoms. The van der Waals surface area contributed by atoms with Gasteiger partial charge >= 0.3 is 0 Å². The lowest BCUT2D eigenvalue weighted by atomic mass is 10.00. The predicted octanol–water partition coefficient (Wildman–Crippen LogP) is 3.53. The Balaban J connectivity index is 0.00000261. The third-order valence-electron chi connectivity index (χ3n) is 4.65. The Morgan fingerprint density at radius 1 is 1.33 bits per heavy atom. The molecule has 148 valence electrons. The van der Waals surface area contributed by atoms with Crippen LogP contribution in [0.2, 0.25) is 0 Å². The fraction of sp³-hybridized carbons (Fsp3) is 0.500. The first-order valence-corrected chi connectivity index (χ1v) is 10.2. The second kappa shape index (κ2) is 11.0. The molecule has 1 N–H and O–H groups in total. The molecule has 0 saturated heterocycles. The molecule has 2 heterocycles. The van der Waals surface area contributed by atoms with Gasteiger partial charge < -0.3 is 10.2 Å². The molecule has 1 aliphatic rings. The van der Waals surface area contributed by atoms with Crippen molar-refractivity contribution in [1.82, 2.24) is 20.1 Å². The summed E-state index contributed by atoms with van der Waals surface area (Å²) in [5.41, 5.74) is 4.07. The van der Waals surface area contributed by atoms with Gasteiger partial charge in [0.05, 0.1) is 23.8 Å². The number of benzene rings is 1. The van der Waals surface area contributed by atoms with Crippen molar-refractivity contribution in [2.24, 2.45) is 4.99 Å². The fourth-order valence-electron chi connectivity index (χ4n) is 3.31. The molecule has 0 fully saturated rings. The number of aryl methyl sites for hydroxylation is 1. The zero-order chi connectivity index (χ0) is 18.4. The molecule has 0 spiro atoms. The Bertz CT molecular complexity index is 745. The summed E-state index contributed by atoms with van der Waals surface area (Å²) in [6.07, 6.45) is 1.14. The monoisotopic (exact) mass is 499 g/mol. The Morgan fingerprint density at radius 3 is 2.81 bits per heavy atom. The Kier molecular flexibility index (Phi) is 8.98. The summed E-state index contributed by atoms with van der Waals surface area (Å²) >= 11 is 1.70. The van der Waals surface area contributed by atoms with Gasteiger partial charge in [0.2, 0.25) is 0 Å². The van der Waals surface area contributed by atoms with Gasteiger partial charge in [-0.05, 0) is 31.4 Å². The Hall–Kier alpha value is -1.19. The maximum Gasteiger partial charge on any atom is 0.194 e. The van der Waals surface area contributed by atoms with Crippen molar-refractivity contribution < 1.29 is 0 Å². The highest BCUT2D eigenvalue weighted by Crippen LogP contribution is 2.18. The van der Waals surface area contributed by atoms with Gasteiger partial charge in [-0.3, -0.25) is 9.89 Å². The third-order valence-corrected chi connectivity index (χ3v) is 5.47. The minimum atomic E-state index is 0. The van der Waals surface area contributed by atoms with Crippen LogP contribution in [0, 0.1) is 6.92 Å². The van der Waals surface area contributed by atoms with Crippen molar-refractivity contribution in [3.8, 4) is 0 Å². The average Bonchev–Trinajstić information content (AvgIpc) is 3.05. The molecule has 27 heavy (non-hydrogen) atoms. The first-order chi connectivity index (χ1) is 12.7. The number of aliphatic imine (C=N–C) groups is 1. The van der Waals surface area contributed by atoms with Crippen molar-refractivity contribution in [2.45, 2.75) is 33.4 Å². The highest BCUT2D eigenvalue weighted by atomic mass is 127. The summed E-state index contributed by atoms with van der Waals surface area (Å²) in [6.45, 7) is 9.77. The van der Waals surface area contributed by atoms with Gasteiger partial charge in [-0.2, -0.15) is 0 Å². The van der Waals surface area contributed by atoms with Crippen LogP contribution in [0.4, 0.5) is 0 Å². The van der Waals surface area contributed by atoms with Crippen molar-refractivity contribution >= 4 is 41.3 Å². The predicted molar refractivity (Wildman–Crippen MR) is 125 cm³/mol. The molecular formula is C20H30IN5S. The molecule has 5 nitrogen and oxygen atoms in total. The maximum absolute atomic E-state index is 4.83. The number of aromatic nitrogens is 1. The number of nitrogens with zero attached hydrogens (tertiary/aromatic N) is 4. The molecule has 0 saturated carbocycles. The van der Waals surface area contributed by atoms with Gasteiger partial charge in [0.25, 0.3) is 0 Å². The summed E-state index contributed by atoms with van der Waals surface area (Å²) in [7, 11) is 2.08. The van der Waals surface area contributed by atoms with E-state index in [2.05, 4.69) is 63.7 Å². The average molecular weight is 499 g/mol. The van der Waals surface area contributed by atoms with E-state index in [0.717, 1.165) is 62.4 Å². The molecule has 1 aromatic carbocycles. The molecule has 1 aromatic heterocycles. The van der Waals surface area contributed by atoms with E-state index in [4.69, 9.17) is 4.99 Å². The second-order valence-electron chi connectivity index (χ2n) is 6.74. The van der Waals surface area contributed by atoms with E-state index in [0.29, 0.717) is 0 Å². The van der Waals surface area contributed by atoms with Gasteiger partial charge in [-0.25, -0.2) is 4.98 Å². The van der Waals surface area contributed by atoms with E-state index < -0.39 is 0 Å². The van der Waals surface area contributed by atoms with Gasteiger partial charge in [-0.15, -0.1) is 35.3 Å². The summed E-state index contributed by atoms with van der Waals surface area (Å²) in [5, 5.41) is 6.63. The van der Waals surface area contributed by atoms with Crippen molar-refractivity contribution in [2.75, 3.05) is 33.2 Å². The minimum absolute atomic E-state index is 0. The van der Waals surface area contributed by atoms with Crippen LogP contribution in [0.5, 0.6) is 0 Å². The Morgan fingerprint density at radius 2 is 2.11 bits per heavy atom. The van der Waals surface area contributed by atoms with E-state index >= 15 is 0 Å². The number of halogens is 1. The van der Waals surface area contributed by atoms with Crippen LogP contribution in [0.25, 0.3) is 0 Å².